The van der Waals surface area contributed by atoms with Gasteiger partial charge in [0.25, 0.3) is 0 Å². The Hall–Kier alpha value is -1.09. The third kappa shape index (κ3) is 3.32. The predicted molar refractivity (Wildman–Crippen MR) is 81.4 cm³/mol. The van der Waals surface area contributed by atoms with Crippen molar-refractivity contribution in [2.75, 3.05) is 18.0 Å². The number of aliphatic hydroxyl groups is 1. The van der Waals surface area contributed by atoms with Crippen molar-refractivity contribution in [2.24, 2.45) is 11.3 Å². The Kier molecular flexibility index (Phi) is 4.38. The Bertz CT molecular complexity index is 457. The van der Waals surface area contributed by atoms with Crippen molar-refractivity contribution >= 4 is 5.69 Å². The van der Waals surface area contributed by atoms with Crippen LogP contribution in [0.4, 0.5) is 10.1 Å². The maximum atomic E-state index is 14.2. The Labute approximate surface area is 121 Å². The summed E-state index contributed by atoms with van der Waals surface area (Å²) in [5.41, 5.74) is 1.64. The smallest absolute Gasteiger partial charge is 0.146 e. The first-order valence-electron chi connectivity index (χ1n) is 7.51. The molecule has 1 heterocycles. The van der Waals surface area contributed by atoms with Crippen molar-refractivity contribution in [3.05, 3.63) is 29.6 Å². The number of nitrogens with zero attached hydrogens (tertiary/aromatic N) is 1. The summed E-state index contributed by atoms with van der Waals surface area (Å²) in [5.74, 6) is 0.483. The SMILES string of the molecule is C[C@@H](O)c1ccc(N2CCC(C(C)(C)C)CC2)c(F)c1. The molecule has 0 saturated carbocycles. The number of rotatable bonds is 2. The summed E-state index contributed by atoms with van der Waals surface area (Å²) in [6.45, 7) is 10.3. The predicted octanol–water partition coefficient (Wildman–Crippen LogP) is 4.14. The largest absolute Gasteiger partial charge is 0.389 e. The molecule has 0 radical (unpaired) electrons. The van der Waals surface area contributed by atoms with Crippen molar-refractivity contribution < 1.29 is 9.50 Å². The molecule has 1 aromatic rings. The highest BCUT2D eigenvalue weighted by atomic mass is 19.1. The highest BCUT2D eigenvalue weighted by Gasteiger charge is 2.29. The van der Waals surface area contributed by atoms with E-state index in [1.54, 1.807) is 13.0 Å². The highest BCUT2D eigenvalue weighted by Crippen LogP contribution is 2.36. The summed E-state index contributed by atoms with van der Waals surface area (Å²) in [5, 5.41) is 9.49. The lowest BCUT2D eigenvalue weighted by molar-refractivity contribution is 0.197. The van der Waals surface area contributed by atoms with E-state index in [0.29, 0.717) is 22.6 Å². The molecule has 1 aliphatic heterocycles. The van der Waals surface area contributed by atoms with E-state index in [1.165, 1.54) is 6.07 Å². The fourth-order valence-electron chi connectivity index (χ4n) is 3.03. The summed E-state index contributed by atoms with van der Waals surface area (Å²) in [7, 11) is 0. The van der Waals surface area contributed by atoms with Gasteiger partial charge in [-0.3, -0.25) is 0 Å². The lowest BCUT2D eigenvalue weighted by Gasteiger charge is -2.39. The summed E-state index contributed by atoms with van der Waals surface area (Å²) < 4.78 is 14.2. The van der Waals surface area contributed by atoms with E-state index in [1.807, 2.05) is 6.07 Å². The Morgan fingerprint density at radius 3 is 2.30 bits per heavy atom. The topological polar surface area (TPSA) is 23.5 Å². The molecule has 0 aliphatic carbocycles. The molecule has 0 bridgehead atoms. The number of hydrogen-bond donors (Lipinski definition) is 1. The molecule has 1 N–H and O–H groups in total. The number of piperidine rings is 1. The van der Waals surface area contributed by atoms with Gasteiger partial charge in [-0.25, -0.2) is 4.39 Å². The first kappa shape index (κ1) is 15.3. The zero-order valence-electron chi connectivity index (χ0n) is 13.0. The first-order chi connectivity index (χ1) is 9.29. The monoisotopic (exact) mass is 279 g/mol. The van der Waals surface area contributed by atoms with Crippen LogP contribution >= 0.6 is 0 Å². The van der Waals surface area contributed by atoms with Gasteiger partial charge in [0.05, 0.1) is 11.8 Å². The van der Waals surface area contributed by atoms with Crippen LogP contribution in [0.1, 0.15) is 52.2 Å². The van der Waals surface area contributed by atoms with Crippen LogP contribution < -0.4 is 4.90 Å². The van der Waals surface area contributed by atoms with Gasteiger partial charge in [0, 0.05) is 13.1 Å². The maximum absolute atomic E-state index is 14.2. The van der Waals surface area contributed by atoms with Gasteiger partial charge in [0.1, 0.15) is 5.82 Å². The van der Waals surface area contributed by atoms with Crippen LogP contribution in [0.25, 0.3) is 0 Å². The number of hydrogen-bond acceptors (Lipinski definition) is 2. The van der Waals surface area contributed by atoms with Gasteiger partial charge in [0.15, 0.2) is 0 Å². The number of benzene rings is 1. The summed E-state index contributed by atoms with van der Waals surface area (Å²) >= 11 is 0. The molecule has 1 atom stereocenters. The number of anilines is 1. The van der Waals surface area contributed by atoms with Gasteiger partial charge in [0.2, 0.25) is 0 Å². The fourth-order valence-corrected chi connectivity index (χ4v) is 3.03. The lowest BCUT2D eigenvalue weighted by Crippen LogP contribution is -2.38. The van der Waals surface area contributed by atoms with Crippen LogP contribution in [0.5, 0.6) is 0 Å². The third-order valence-electron chi connectivity index (χ3n) is 4.51. The van der Waals surface area contributed by atoms with E-state index < -0.39 is 6.10 Å². The molecule has 1 aliphatic rings. The maximum Gasteiger partial charge on any atom is 0.146 e. The molecule has 0 unspecified atom stereocenters. The average Bonchev–Trinajstić information content (AvgIpc) is 2.37. The van der Waals surface area contributed by atoms with Crippen molar-refractivity contribution in [1.29, 1.82) is 0 Å². The average molecular weight is 279 g/mol. The van der Waals surface area contributed by atoms with Gasteiger partial charge in [-0.15, -0.1) is 0 Å². The van der Waals surface area contributed by atoms with Crippen LogP contribution in [0.3, 0.4) is 0 Å². The molecule has 2 nitrogen and oxygen atoms in total. The van der Waals surface area contributed by atoms with Gasteiger partial charge in [-0.1, -0.05) is 26.8 Å². The standard InChI is InChI=1S/C17H26FNO/c1-12(20)13-5-6-16(15(18)11-13)19-9-7-14(8-10-19)17(2,3)4/h5-6,11-12,14,20H,7-10H2,1-4H3/t12-/m1/s1. The summed E-state index contributed by atoms with van der Waals surface area (Å²) in [6, 6.07) is 5.07. The second kappa shape index (κ2) is 5.72. The van der Waals surface area contributed by atoms with Gasteiger partial charge in [-0.05, 0) is 48.8 Å². The van der Waals surface area contributed by atoms with E-state index in [2.05, 4.69) is 25.7 Å². The van der Waals surface area contributed by atoms with Crippen molar-refractivity contribution in [2.45, 2.75) is 46.6 Å². The molecule has 1 fully saturated rings. The normalized spacial score (nSPS) is 19.2. The lowest BCUT2D eigenvalue weighted by atomic mass is 9.75. The van der Waals surface area contributed by atoms with Gasteiger partial charge in [-0.2, -0.15) is 0 Å². The van der Waals surface area contributed by atoms with E-state index >= 15 is 0 Å². The van der Waals surface area contributed by atoms with Gasteiger partial charge < -0.3 is 10.0 Å². The van der Waals surface area contributed by atoms with E-state index in [9.17, 15) is 9.50 Å². The van der Waals surface area contributed by atoms with Crippen molar-refractivity contribution in [1.82, 2.24) is 0 Å². The van der Waals surface area contributed by atoms with Crippen molar-refractivity contribution in [3.8, 4) is 0 Å². The molecule has 3 heteroatoms. The van der Waals surface area contributed by atoms with Crippen LogP contribution in [-0.2, 0) is 0 Å². The molecular formula is C17H26FNO. The Morgan fingerprint density at radius 2 is 1.85 bits per heavy atom. The van der Waals surface area contributed by atoms with E-state index in [4.69, 9.17) is 0 Å². The minimum absolute atomic E-state index is 0.224. The molecule has 112 valence electrons. The molecule has 1 aromatic carbocycles. The van der Waals surface area contributed by atoms with Crippen LogP contribution in [0, 0.1) is 17.2 Å². The number of halogens is 1. The Morgan fingerprint density at radius 1 is 1.25 bits per heavy atom. The zero-order chi connectivity index (χ0) is 14.9. The molecule has 0 spiro atoms. The zero-order valence-corrected chi connectivity index (χ0v) is 13.0. The summed E-state index contributed by atoms with van der Waals surface area (Å²) in [6.07, 6.45) is 1.60. The molecular weight excluding hydrogens is 253 g/mol. The van der Waals surface area contributed by atoms with Crippen LogP contribution in [0.2, 0.25) is 0 Å². The van der Waals surface area contributed by atoms with Gasteiger partial charge >= 0.3 is 0 Å². The summed E-state index contributed by atoms with van der Waals surface area (Å²) in [4.78, 5) is 2.13. The fraction of sp³-hybridized carbons (Fsp3) is 0.647. The van der Waals surface area contributed by atoms with Crippen LogP contribution in [-0.4, -0.2) is 18.2 Å². The van der Waals surface area contributed by atoms with E-state index in [-0.39, 0.29) is 5.82 Å². The van der Waals surface area contributed by atoms with E-state index in [0.717, 1.165) is 25.9 Å². The first-order valence-corrected chi connectivity index (χ1v) is 7.51. The third-order valence-corrected chi connectivity index (χ3v) is 4.51. The molecule has 2 rings (SSSR count). The van der Waals surface area contributed by atoms with Crippen LogP contribution in [0.15, 0.2) is 18.2 Å². The van der Waals surface area contributed by atoms with Crippen molar-refractivity contribution in [3.63, 3.8) is 0 Å². The molecule has 20 heavy (non-hydrogen) atoms. The highest BCUT2D eigenvalue weighted by molar-refractivity contribution is 5.49. The minimum Gasteiger partial charge on any atom is -0.389 e. The second-order valence-corrected chi connectivity index (χ2v) is 7.01. The Balaban J connectivity index is 2.07. The minimum atomic E-state index is -0.620. The number of aliphatic hydroxyl groups excluding tert-OH is 1. The molecule has 0 amide bonds. The quantitative estimate of drug-likeness (QED) is 0.879. The second-order valence-electron chi connectivity index (χ2n) is 7.01. The molecule has 1 saturated heterocycles. The molecule has 0 aromatic heterocycles.